The van der Waals surface area contributed by atoms with Crippen LogP contribution in [0.15, 0.2) is 45.3 Å². The van der Waals surface area contributed by atoms with Crippen molar-refractivity contribution in [2.75, 3.05) is 0 Å². The van der Waals surface area contributed by atoms with E-state index in [9.17, 15) is 0 Å². The summed E-state index contributed by atoms with van der Waals surface area (Å²) in [6, 6.07) is 0. The molecule has 0 atom stereocenters. The highest BCUT2D eigenvalue weighted by molar-refractivity contribution is 6.55. The minimum atomic E-state index is 0.111. The highest BCUT2D eigenvalue weighted by atomic mass is 35.5. The van der Waals surface area contributed by atoms with Crippen LogP contribution in [0.5, 0.6) is 0 Å². The Balaban J connectivity index is -0.0000000542. The fraction of sp³-hybridized carbons (Fsp3) is 0. The first-order valence-corrected chi connectivity index (χ1v) is 5.84. The molecular weight excluding hydrogens is 344 g/mol. The van der Waals surface area contributed by atoms with Crippen molar-refractivity contribution < 1.29 is 0 Å². The van der Waals surface area contributed by atoms with Gasteiger partial charge in [-0.05, 0) is 5.54 Å². The first-order chi connectivity index (χ1) is 6.97. The number of halogens is 7. The van der Waals surface area contributed by atoms with Crippen molar-refractivity contribution in [1.82, 2.24) is 0 Å². The third kappa shape index (κ3) is 283. The van der Waals surface area contributed by atoms with Crippen molar-refractivity contribution in [3.8, 4) is 0 Å². The van der Waals surface area contributed by atoms with Gasteiger partial charge >= 0.3 is 0 Å². The van der Waals surface area contributed by atoms with Crippen LogP contribution in [-0.4, -0.2) is 0 Å². The second-order valence-electron chi connectivity index (χ2n) is 0.997. The van der Waals surface area contributed by atoms with Gasteiger partial charge in [-0.25, -0.2) is 0 Å². The summed E-state index contributed by atoms with van der Waals surface area (Å²) in [6.45, 7) is 6.21. The first kappa shape index (κ1) is 25.0. The summed E-state index contributed by atoms with van der Waals surface area (Å²) < 4.78 is 0.111. The van der Waals surface area contributed by atoms with Gasteiger partial charge in [0.25, 0.3) is 0 Å². The molecule has 0 saturated carbocycles. The van der Waals surface area contributed by atoms with Crippen LogP contribution in [0.2, 0.25) is 0 Å². The maximum Gasteiger partial charge on any atom is 0.0992 e. The second kappa shape index (κ2) is 36.3. The third-order valence-corrected chi connectivity index (χ3v) is 0.857. The van der Waals surface area contributed by atoms with Gasteiger partial charge < -0.3 is 0 Å². The number of hydrogen-bond acceptors (Lipinski definition) is 0. The van der Waals surface area contributed by atoms with Crippen LogP contribution in [0, 0.1) is 0 Å². The van der Waals surface area contributed by atoms with Crippen LogP contribution in [0.4, 0.5) is 0 Å². The van der Waals surface area contributed by atoms with Crippen LogP contribution in [0.1, 0.15) is 0 Å². The van der Waals surface area contributed by atoms with Gasteiger partial charge in [-0.2, -0.15) is 0 Å². The molecule has 0 aromatic heterocycles. The molecule has 7 heteroatoms. The van der Waals surface area contributed by atoms with E-state index in [4.69, 9.17) is 81.2 Å². The molecule has 90 valence electrons. The van der Waals surface area contributed by atoms with Gasteiger partial charge in [0.15, 0.2) is 0 Å². The summed E-state index contributed by atoms with van der Waals surface area (Å²) in [7, 11) is 0. The summed E-state index contributed by atoms with van der Waals surface area (Å²) in [5, 5.41) is 0. The Hall–Kier alpha value is 0.990. The van der Waals surface area contributed by atoms with E-state index in [-0.39, 0.29) is 4.49 Å². The molecule has 0 aromatic rings. The van der Waals surface area contributed by atoms with E-state index in [2.05, 4.69) is 13.2 Å². The maximum absolute atomic E-state index is 4.87. The molecule has 0 aliphatic carbocycles. The lowest BCUT2D eigenvalue weighted by Crippen LogP contribution is -1.24. The molecule has 0 aliphatic rings. The van der Waals surface area contributed by atoms with Gasteiger partial charge in [-0.15, -0.1) is 0 Å². The number of rotatable bonds is 0. The Morgan fingerprint density at radius 2 is 0.800 bits per heavy atom. The molecule has 0 fully saturated rings. The van der Waals surface area contributed by atoms with Gasteiger partial charge in [-0.3, -0.25) is 0 Å². The highest BCUT2D eigenvalue weighted by Crippen LogP contribution is 1.98. The third-order valence-electron chi connectivity index (χ3n) is 0.0952. The molecule has 0 rings (SSSR count). The molecule has 0 aromatic carbocycles. The Morgan fingerprint density at radius 1 is 0.733 bits per heavy atom. The lowest BCUT2D eigenvalue weighted by atomic mass is 11.3. The maximum atomic E-state index is 4.87. The fourth-order valence-electron chi connectivity index (χ4n) is 0. The van der Waals surface area contributed by atoms with Gasteiger partial charge in [0.1, 0.15) is 0 Å². The Labute approximate surface area is 126 Å². The van der Waals surface area contributed by atoms with Crippen molar-refractivity contribution in [2.45, 2.75) is 0 Å². The van der Waals surface area contributed by atoms with Crippen molar-refractivity contribution in [3.05, 3.63) is 45.3 Å². The van der Waals surface area contributed by atoms with E-state index in [0.717, 1.165) is 0 Å². The van der Waals surface area contributed by atoms with E-state index in [1.807, 2.05) is 0 Å². The van der Waals surface area contributed by atoms with E-state index in [1.165, 1.54) is 27.7 Å². The summed E-state index contributed by atoms with van der Waals surface area (Å²) in [5.41, 5.74) is 6.17. The normalized spacial score (nSPS) is 7.67. The fourth-order valence-corrected chi connectivity index (χ4v) is 0. The van der Waals surface area contributed by atoms with Crippen LogP contribution in [-0.2, 0) is 0 Å². The predicted molar refractivity (Wildman–Crippen MR) is 78.6 cm³/mol. The molecule has 0 aliphatic heterocycles. The molecule has 0 radical (unpaired) electrons. The van der Waals surface area contributed by atoms with Crippen LogP contribution >= 0.6 is 81.2 Å². The van der Waals surface area contributed by atoms with Gasteiger partial charge in [0.2, 0.25) is 0 Å². The molecule has 0 nitrogen and oxygen atoms in total. The predicted octanol–water partition coefficient (Wildman–Crippen LogP) is 7.17. The molecule has 0 spiro atoms. The topological polar surface area (TPSA) is 0 Å². The zero-order valence-electron chi connectivity index (χ0n) is 7.45. The second-order valence-corrected chi connectivity index (χ2v) is 3.42. The van der Waals surface area contributed by atoms with Crippen LogP contribution < -0.4 is 0 Å². The van der Waals surface area contributed by atoms with Crippen molar-refractivity contribution in [2.24, 2.45) is 0 Å². The minimum Gasteiger partial charge on any atom is -0.0936 e. The lowest BCUT2D eigenvalue weighted by Gasteiger charge is -1.57. The molecule has 0 bridgehead atoms. The molecule has 0 N–H and O–H groups in total. The van der Waals surface area contributed by atoms with Gasteiger partial charge in [-0.1, -0.05) is 94.4 Å². The summed E-state index contributed by atoms with van der Waals surface area (Å²) in [6.07, 6.45) is 0. The smallest absolute Gasteiger partial charge is 0.0936 e. The van der Waals surface area contributed by atoms with E-state index in [1.54, 1.807) is 0 Å². The molecule has 0 saturated heterocycles. The monoisotopic (exact) mass is 350 g/mol. The zero-order valence-corrected chi connectivity index (χ0v) is 12.7. The lowest BCUT2D eigenvalue weighted by molar-refractivity contribution is 2.45. The molecule has 0 unspecified atom stereocenters. The average Bonchev–Trinajstić information content (AvgIpc) is 2.18. The minimum absolute atomic E-state index is 0.111. The number of hydrogen-bond donors (Lipinski definition) is 0. The highest BCUT2D eigenvalue weighted by Gasteiger charge is 1.60. The Morgan fingerprint density at radius 3 is 0.800 bits per heavy atom. The van der Waals surface area contributed by atoms with Crippen molar-refractivity contribution in [1.29, 1.82) is 0 Å². The first-order valence-electron chi connectivity index (χ1n) is 2.90. The van der Waals surface area contributed by atoms with Crippen LogP contribution in [0.25, 0.3) is 0 Å². The zero-order chi connectivity index (χ0) is 13.1. The van der Waals surface area contributed by atoms with E-state index < -0.39 is 0 Å². The quantitative estimate of drug-likeness (QED) is 0.433. The standard InChI is InChI=1S/3C2H2Cl2.C2H3Cl/c1-2(3)4;2*3-1-2-4;1-2-3/h1H2;2*1-2H;2H,1H2/b;2-1+;2-1-;. The molecule has 15 heavy (non-hydrogen) atoms. The average molecular weight is 353 g/mol. The Bertz CT molecular complexity index is 140. The van der Waals surface area contributed by atoms with Gasteiger partial charge in [0.05, 0.1) is 4.49 Å². The van der Waals surface area contributed by atoms with Gasteiger partial charge in [0, 0.05) is 22.1 Å². The van der Waals surface area contributed by atoms with Crippen molar-refractivity contribution >= 4 is 81.2 Å². The van der Waals surface area contributed by atoms with Crippen molar-refractivity contribution in [3.63, 3.8) is 0 Å². The largest absolute Gasteiger partial charge is 0.0992 e. The Kier molecular flexibility index (Phi) is 60.5. The summed E-state index contributed by atoms with van der Waals surface area (Å²) >= 11 is 33.9. The van der Waals surface area contributed by atoms with Crippen LogP contribution in [0.3, 0.4) is 0 Å². The molecule has 0 amide bonds. The van der Waals surface area contributed by atoms with E-state index in [0.29, 0.717) is 0 Å². The van der Waals surface area contributed by atoms with E-state index >= 15 is 0 Å². The summed E-state index contributed by atoms with van der Waals surface area (Å²) in [5.74, 6) is 0. The molecular formula is C8H9Cl7. The molecule has 0 heterocycles. The summed E-state index contributed by atoms with van der Waals surface area (Å²) in [4.78, 5) is 0. The SMILES string of the molecule is C=C(Cl)Cl.C=CCl.Cl/C=C/Cl.Cl/C=C\Cl.